The van der Waals surface area contributed by atoms with Crippen LogP contribution < -0.4 is 5.73 Å². The summed E-state index contributed by atoms with van der Waals surface area (Å²) in [6, 6.07) is 0.669. The molecule has 1 aromatic heterocycles. The number of morpholine rings is 1. The van der Waals surface area contributed by atoms with Gasteiger partial charge >= 0.3 is 0 Å². The van der Waals surface area contributed by atoms with Crippen LogP contribution in [-0.2, 0) is 17.2 Å². The predicted octanol–water partition coefficient (Wildman–Crippen LogP) is 1.83. The second kappa shape index (κ2) is 6.46. The van der Waals surface area contributed by atoms with E-state index in [1.54, 1.807) is 0 Å². The van der Waals surface area contributed by atoms with Crippen molar-refractivity contribution in [3.05, 3.63) is 17.5 Å². The van der Waals surface area contributed by atoms with E-state index in [1.807, 2.05) is 11.7 Å². The van der Waals surface area contributed by atoms with Gasteiger partial charge in [-0.15, -0.1) is 0 Å². The van der Waals surface area contributed by atoms with Gasteiger partial charge < -0.3 is 10.5 Å². The first-order chi connectivity index (χ1) is 9.88. The molecule has 0 bridgehead atoms. The molecule has 1 saturated heterocycles. The minimum absolute atomic E-state index is 0.0258. The summed E-state index contributed by atoms with van der Waals surface area (Å²) in [5.41, 5.74) is 8.61. The molecule has 5 nitrogen and oxygen atoms in total. The third kappa shape index (κ3) is 3.47. The van der Waals surface area contributed by atoms with Crippen LogP contribution in [0.3, 0.4) is 0 Å². The van der Waals surface area contributed by atoms with Crippen LogP contribution in [0, 0.1) is 0 Å². The van der Waals surface area contributed by atoms with E-state index in [9.17, 15) is 0 Å². The van der Waals surface area contributed by atoms with Crippen LogP contribution in [0.4, 0.5) is 0 Å². The van der Waals surface area contributed by atoms with E-state index in [0.29, 0.717) is 12.6 Å². The summed E-state index contributed by atoms with van der Waals surface area (Å²) in [4.78, 5) is 2.51. The quantitative estimate of drug-likeness (QED) is 0.920. The van der Waals surface area contributed by atoms with E-state index in [4.69, 9.17) is 15.6 Å². The topological polar surface area (TPSA) is 56.3 Å². The zero-order chi connectivity index (χ0) is 15.6. The van der Waals surface area contributed by atoms with Crippen molar-refractivity contribution in [1.82, 2.24) is 14.7 Å². The molecule has 1 aliphatic rings. The average Bonchev–Trinajstić information content (AvgIpc) is 2.82. The molecule has 21 heavy (non-hydrogen) atoms. The van der Waals surface area contributed by atoms with E-state index in [2.05, 4.69) is 38.8 Å². The number of nitrogens with zero attached hydrogens (tertiary/aromatic N) is 3. The lowest BCUT2D eigenvalue weighted by molar-refractivity contribution is -0.0293. The summed E-state index contributed by atoms with van der Waals surface area (Å²) in [5.74, 6) is 0. The molecule has 0 radical (unpaired) electrons. The monoisotopic (exact) mass is 294 g/mol. The Kier molecular flexibility index (Phi) is 5.07. The first-order valence-electron chi connectivity index (χ1n) is 7.96. The second-order valence-corrected chi connectivity index (χ2v) is 6.98. The van der Waals surface area contributed by atoms with Gasteiger partial charge in [0.05, 0.1) is 24.9 Å². The third-order valence-corrected chi connectivity index (χ3v) is 4.29. The van der Waals surface area contributed by atoms with Crippen molar-refractivity contribution in [2.24, 2.45) is 12.8 Å². The largest absolute Gasteiger partial charge is 0.378 e. The highest BCUT2D eigenvalue weighted by atomic mass is 16.5. The van der Waals surface area contributed by atoms with Crippen LogP contribution in [0.25, 0.3) is 0 Å². The molecule has 0 spiro atoms. The number of aromatic nitrogens is 2. The van der Waals surface area contributed by atoms with Gasteiger partial charge in [-0.1, -0.05) is 27.7 Å². The number of rotatable bonds is 4. The summed E-state index contributed by atoms with van der Waals surface area (Å²) in [6.45, 7) is 12.0. The maximum Gasteiger partial charge on any atom is 0.0726 e. The van der Waals surface area contributed by atoms with Crippen molar-refractivity contribution in [3.8, 4) is 0 Å². The van der Waals surface area contributed by atoms with E-state index >= 15 is 0 Å². The minimum Gasteiger partial charge on any atom is -0.378 e. The molecule has 2 rings (SSSR count). The van der Waals surface area contributed by atoms with Gasteiger partial charge in [0.25, 0.3) is 0 Å². The summed E-state index contributed by atoms with van der Waals surface area (Å²) >= 11 is 0. The van der Waals surface area contributed by atoms with Crippen LogP contribution in [0.1, 0.15) is 51.4 Å². The Balaban J connectivity index is 2.37. The predicted molar refractivity (Wildman–Crippen MR) is 85.3 cm³/mol. The molecule has 1 aromatic rings. The molecule has 5 heteroatoms. The van der Waals surface area contributed by atoms with E-state index in [-0.39, 0.29) is 11.5 Å². The zero-order valence-corrected chi connectivity index (χ0v) is 14.1. The van der Waals surface area contributed by atoms with Gasteiger partial charge in [0.15, 0.2) is 0 Å². The normalized spacial score (nSPS) is 22.5. The standard InChI is InChI=1S/C16H30N4O/c1-6-12-11-21-8-7-20(12)14(9-17)13-10-19(5)18-15(13)16(2,3)4/h10,12,14H,6-9,11,17H2,1-5H3. The number of aryl methyl sites for hydroxylation is 1. The highest BCUT2D eigenvalue weighted by Crippen LogP contribution is 2.32. The van der Waals surface area contributed by atoms with Crippen molar-refractivity contribution < 1.29 is 4.74 Å². The van der Waals surface area contributed by atoms with Crippen LogP contribution in [0.2, 0.25) is 0 Å². The lowest BCUT2D eigenvalue weighted by atomic mass is 9.86. The van der Waals surface area contributed by atoms with Crippen LogP contribution in [-0.4, -0.2) is 47.0 Å². The lowest BCUT2D eigenvalue weighted by Crippen LogP contribution is -2.49. The Morgan fingerprint density at radius 3 is 2.76 bits per heavy atom. The van der Waals surface area contributed by atoms with Crippen molar-refractivity contribution in [2.75, 3.05) is 26.3 Å². The molecule has 0 aliphatic carbocycles. The third-order valence-electron chi connectivity index (χ3n) is 4.29. The smallest absolute Gasteiger partial charge is 0.0726 e. The first-order valence-corrected chi connectivity index (χ1v) is 7.96. The molecule has 1 fully saturated rings. The molecule has 0 aromatic carbocycles. The molecular formula is C16H30N4O. The molecule has 2 heterocycles. The molecule has 2 unspecified atom stereocenters. The van der Waals surface area contributed by atoms with Crippen LogP contribution >= 0.6 is 0 Å². The number of hydrogen-bond donors (Lipinski definition) is 1. The number of ether oxygens (including phenoxy) is 1. The average molecular weight is 294 g/mol. The Bertz CT molecular complexity index is 463. The van der Waals surface area contributed by atoms with Crippen molar-refractivity contribution >= 4 is 0 Å². The number of nitrogens with two attached hydrogens (primary N) is 1. The van der Waals surface area contributed by atoms with Gasteiger partial charge in [-0.2, -0.15) is 5.10 Å². The summed E-state index contributed by atoms with van der Waals surface area (Å²) in [7, 11) is 1.99. The van der Waals surface area contributed by atoms with Crippen molar-refractivity contribution in [3.63, 3.8) is 0 Å². The van der Waals surface area contributed by atoms with Crippen LogP contribution in [0.5, 0.6) is 0 Å². The van der Waals surface area contributed by atoms with E-state index < -0.39 is 0 Å². The second-order valence-electron chi connectivity index (χ2n) is 6.98. The SMILES string of the molecule is CCC1COCCN1C(CN)c1cn(C)nc1C(C)(C)C. The highest BCUT2D eigenvalue weighted by molar-refractivity contribution is 5.28. The molecule has 120 valence electrons. The maximum absolute atomic E-state index is 6.15. The fourth-order valence-electron chi connectivity index (χ4n) is 3.20. The molecule has 0 amide bonds. The van der Waals surface area contributed by atoms with Gasteiger partial charge in [-0.25, -0.2) is 0 Å². The summed E-state index contributed by atoms with van der Waals surface area (Å²) in [5, 5.41) is 4.70. The van der Waals surface area contributed by atoms with Crippen molar-refractivity contribution in [1.29, 1.82) is 0 Å². The first kappa shape index (κ1) is 16.5. The molecular weight excluding hydrogens is 264 g/mol. The molecule has 0 saturated carbocycles. The molecule has 2 N–H and O–H groups in total. The Morgan fingerprint density at radius 1 is 1.48 bits per heavy atom. The highest BCUT2D eigenvalue weighted by Gasteiger charge is 2.33. The summed E-state index contributed by atoms with van der Waals surface area (Å²) < 4.78 is 7.55. The van der Waals surface area contributed by atoms with E-state index in [0.717, 1.165) is 31.9 Å². The maximum atomic E-state index is 6.15. The van der Waals surface area contributed by atoms with Crippen molar-refractivity contribution in [2.45, 2.75) is 51.6 Å². The van der Waals surface area contributed by atoms with Gasteiger partial charge in [-0.05, 0) is 6.42 Å². The zero-order valence-electron chi connectivity index (χ0n) is 14.1. The van der Waals surface area contributed by atoms with Gasteiger partial charge in [0.1, 0.15) is 0 Å². The number of hydrogen-bond acceptors (Lipinski definition) is 4. The van der Waals surface area contributed by atoms with Gasteiger partial charge in [0.2, 0.25) is 0 Å². The Labute approximate surface area is 128 Å². The van der Waals surface area contributed by atoms with E-state index in [1.165, 1.54) is 5.56 Å². The van der Waals surface area contributed by atoms with Gasteiger partial charge in [0, 0.05) is 43.4 Å². The Hall–Kier alpha value is -0.910. The fourth-order valence-corrected chi connectivity index (χ4v) is 3.20. The lowest BCUT2D eigenvalue weighted by Gasteiger charge is -2.40. The fraction of sp³-hybridized carbons (Fsp3) is 0.812. The summed E-state index contributed by atoms with van der Waals surface area (Å²) in [6.07, 6.45) is 3.22. The van der Waals surface area contributed by atoms with Gasteiger partial charge in [-0.3, -0.25) is 9.58 Å². The molecule has 1 aliphatic heterocycles. The minimum atomic E-state index is 0.0258. The van der Waals surface area contributed by atoms with Crippen LogP contribution in [0.15, 0.2) is 6.20 Å². The Morgan fingerprint density at radius 2 is 2.19 bits per heavy atom. The molecule has 2 atom stereocenters.